The SMILES string of the molecule is CC1(C)c2ccccc2-c2ccc3[nH]c4c(ccc5oc(-c6ccccc6)nc54)c3c21. The summed E-state index contributed by atoms with van der Waals surface area (Å²) in [5.41, 5.74) is 10.3. The molecule has 0 spiro atoms. The van der Waals surface area contributed by atoms with Crippen molar-refractivity contribution in [3.63, 3.8) is 0 Å². The van der Waals surface area contributed by atoms with Gasteiger partial charge in [-0.1, -0.05) is 62.4 Å². The largest absolute Gasteiger partial charge is 0.436 e. The van der Waals surface area contributed by atoms with Gasteiger partial charge in [-0.05, 0) is 52.6 Å². The molecule has 0 bridgehead atoms. The summed E-state index contributed by atoms with van der Waals surface area (Å²) in [6, 6.07) is 27.5. The smallest absolute Gasteiger partial charge is 0.227 e. The summed E-state index contributed by atoms with van der Waals surface area (Å²) in [6.45, 7) is 4.66. The summed E-state index contributed by atoms with van der Waals surface area (Å²) < 4.78 is 6.11. The number of fused-ring (bicyclic) bond motifs is 9. The van der Waals surface area contributed by atoms with Gasteiger partial charge in [0.15, 0.2) is 5.58 Å². The van der Waals surface area contributed by atoms with Crippen LogP contribution in [0.4, 0.5) is 0 Å². The predicted octanol–water partition coefficient (Wildman–Crippen LogP) is 7.44. The Balaban J connectivity index is 1.57. The number of hydrogen-bond donors (Lipinski definition) is 1. The number of hydrogen-bond acceptors (Lipinski definition) is 2. The van der Waals surface area contributed by atoms with E-state index < -0.39 is 0 Å². The molecule has 0 saturated heterocycles. The summed E-state index contributed by atoms with van der Waals surface area (Å²) >= 11 is 0. The minimum absolute atomic E-state index is 0.0610. The van der Waals surface area contributed by atoms with Crippen molar-refractivity contribution in [1.29, 1.82) is 0 Å². The molecule has 0 atom stereocenters. The first-order chi connectivity index (χ1) is 15.1. The molecule has 3 heteroatoms. The number of H-pyrrole nitrogens is 1. The van der Waals surface area contributed by atoms with E-state index in [0.29, 0.717) is 5.89 Å². The molecular weight excluding hydrogens is 380 g/mol. The standard InChI is InChI=1S/C28H20N2O/c1-28(2)20-11-7-6-10-17(20)18-12-14-21-23(24(18)28)19-13-15-22-26(25(19)29-21)30-27(31-22)16-8-4-3-5-9-16/h3-15,29H,1-2H3. The number of oxazole rings is 1. The second-order valence-corrected chi connectivity index (χ2v) is 8.93. The van der Waals surface area contributed by atoms with Crippen LogP contribution in [-0.4, -0.2) is 9.97 Å². The van der Waals surface area contributed by atoms with Crippen molar-refractivity contribution in [2.45, 2.75) is 19.3 Å². The summed E-state index contributed by atoms with van der Waals surface area (Å²) in [6.07, 6.45) is 0. The lowest BCUT2D eigenvalue weighted by Gasteiger charge is -2.22. The van der Waals surface area contributed by atoms with Gasteiger partial charge < -0.3 is 9.40 Å². The molecule has 0 saturated carbocycles. The normalized spacial score (nSPS) is 14.4. The first kappa shape index (κ1) is 16.9. The zero-order valence-electron chi connectivity index (χ0n) is 17.4. The summed E-state index contributed by atoms with van der Waals surface area (Å²) in [5.74, 6) is 0.653. The highest BCUT2D eigenvalue weighted by molar-refractivity contribution is 6.18. The average Bonchev–Trinajstić information content (AvgIpc) is 3.45. The van der Waals surface area contributed by atoms with Crippen LogP contribution in [0.25, 0.3) is 55.5 Å². The van der Waals surface area contributed by atoms with Gasteiger partial charge in [0.1, 0.15) is 5.52 Å². The van der Waals surface area contributed by atoms with Crippen LogP contribution >= 0.6 is 0 Å². The molecule has 0 radical (unpaired) electrons. The van der Waals surface area contributed by atoms with Crippen LogP contribution in [0.3, 0.4) is 0 Å². The van der Waals surface area contributed by atoms with Gasteiger partial charge in [0.05, 0.1) is 5.52 Å². The Morgan fingerprint density at radius 3 is 2.48 bits per heavy atom. The highest BCUT2D eigenvalue weighted by atomic mass is 16.3. The molecule has 1 aliphatic rings. The maximum atomic E-state index is 6.11. The lowest BCUT2D eigenvalue weighted by molar-refractivity contribution is 0.620. The maximum Gasteiger partial charge on any atom is 0.227 e. The van der Waals surface area contributed by atoms with Crippen LogP contribution in [-0.2, 0) is 5.41 Å². The van der Waals surface area contributed by atoms with Crippen LogP contribution in [0.2, 0.25) is 0 Å². The van der Waals surface area contributed by atoms with Crippen LogP contribution in [0.15, 0.2) is 83.3 Å². The zero-order valence-corrected chi connectivity index (χ0v) is 17.4. The molecule has 3 nitrogen and oxygen atoms in total. The number of aromatic amines is 1. The van der Waals surface area contributed by atoms with E-state index in [1.165, 1.54) is 33.0 Å². The molecule has 31 heavy (non-hydrogen) atoms. The Morgan fingerprint density at radius 2 is 1.61 bits per heavy atom. The Bertz CT molecular complexity index is 1650. The van der Waals surface area contributed by atoms with Crippen LogP contribution in [0.1, 0.15) is 25.0 Å². The van der Waals surface area contributed by atoms with Gasteiger partial charge >= 0.3 is 0 Å². The molecule has 1 N–H and O–H groups in total. The lowest BCUT2D eigenvalue weighted by Crippen LogP contribution is -2.15. The first-order valence-corrected chi connectivity index (χ1v) is 10.7. The molecule has 6 aromatic rings. The molecule has 0 aliphatic heterocycles. The highest BCUT2D eigenvalue weighted by Crippen LogP contribution is 2.52. The van der Waals surface area contributed by atoms with Gasteiger partial charge in [-0.3, -0.25) is 0 Å². The molecule has 0 amide bonds. The van der Waals surface area contributed by atoms with Crippen LogP contribution in [0.5, 0.6) is 0 Å². The van der Waals surface area contributed by atoms with E-state index in [1.807, 2.05) is 30.3 Å². The topological polar surface area (TPSA) is 41.8 Å². The second kappa shape index (κ2) is 5.64. The van der Waals surface area contributed by atoms with Crippen molar-refractivity contribution in [2.75, 3.05) is 0 Å². The van der Waals surface area contributed by atoms with Gasteiger partial charge in [-0.25, -0.2) is 4.98 Å². The average molecular weight is 400 g/mol. The molecule has 2 heterocycles. The monoisotopic (exact) mass is 400 g/mol. The van der Waals surface area contributed by atoms with Crippen LogP contribution < -0.4 is 0 Å². The van der Waals surface area contributed by atoms with E-state index in [4.69, 9.17) is 9.40 Å². The van der Waals surface area contributed by atoms with Gasteiger partial charge in [0.2, 0.25) is 5.89 Å². The quantitative estimate of drug-likeness (QED) is 0.312. The fraction of sp³-hybridized carbons (Fsp3) is 0.107. The second-order valence-electron chi connectivity index (χ2n) is 8.93. The van der Waals surface area contributed by atoms with E-state index in [-0.39, 0.29) is 5.41 Å². The molecule has 7 rings (SSSR count). The summed E-state index contributed by atoms with van der Waals surface area (Å²) in [7, 11) is 0. The van der Waals surface area contributed by atoms with Gasteiger partial charge in [-0.15, -0.1) is 0 Å². The third kappa shape index (κ3) is 2.10. The number of benzene rings is 4. The molecule has 0 fully saturated rings. The van der Waals surface area contributed by atoms with Gasteiger partial charge in [-0.2, -0.15) is 0 Å². The lowest BCUT2D eigenvalue weighted by atomic mass is 9.80. The molecule has 148 valence electrons. The highest BCUT2D eigenvalue weighted by Gasteiger charge is 2.37. The van der Waals surface area contributed by atoms with Crippen molar-refractivity contribution in [3.8, 4) is 22.6 Å². The summed E-state index contributed by atoms with van der Waals surface area (Å²) in [5, 5.41) is 2.49. The molecule has 0 unspecified atom stereocenters. The van der Waals surface area contributed by atoms with E-state index in [0.717, 1.165) is 27.7 Å². The van der Waals surface area contributed by atoms with Crippen LogP contribution in [0, 0.1) is 0 Å². The van der Waals surface area contributed by atoms with E-state index in [2.05, 4.69) is 67.4 Å². The fourth-order valence-corrected chi connectivity index (χ4v) is 5.43. The Hall–Kier alpha value is -3.85. The fourth-order valence-electron chi connectivity index (χ4n) is 5.43. The summed E-state index contributed by atoms with van der Waals surface area (Å²) in [4.78, 5) is 8.54. The van der Waals surface area contributed by atoms with Crippen molar-refractivity contribution in [2.24, 2.45) is 0 Å². The van der Waals surface area contributed by atoms with E-state index in [9.17, 15) is 0 Å². The number of aromatic nitrogens is 2. The van der Waals surface area contributed by atoms with E-state index >= 15 is 0 Å². The minimum Gasteiger partial charge on any atom is -0.436 e. The molecular formula is C28H20N2O. The van der Waals surface area contributed by atoms with Crippen molar-refractivity contribution in [3.05, 3.63) is 90.0 Å². The Kier molecular flexibility index (Phi) is 3.07. The number of nitrogens with zero attached hydrogens (tertiary/aromatic N) is 1. The van der Waals surface area contributed by atoms with Crippen molar-refractivity contribution in [1.82, 2.24) is 9.97 Å². The van der Waals surface area contributed by atoms with E-state index in [1.54, 1.807) is 0 Å². The number of rotatable bonds is 1. The molecule has 2 aromatic heterocycles. The van der Waals surface area contributed by atoms with Crippen molar-refractivity contribution >= 4 is 32.9 Å². The third-order valence-corrected chi connectivity index (χ3v) is 6.83. The van der Waals surface area contributed by atoms with Gasteiger partial charge in [0.25, 0.3) is 0 Å². The Morgan fingerprint density at radius 1 is 0.806 bits per heavy atom. The predicted molar refractivity (Wildman–Crippen MR) is 126 cm³/mol. The molecule has 1 aliphatic carbocycles. The zero-order chi connectivity index (χ0) is 20.7. The number of nitrogens with one attached hydrogen (secondary N) is 1. The van der Waals surface area contributed by atoms with Crippen molar-refractivity contribution < 1.29 is 4.42 Å². The van der Waals surface area contributed by atoms with Gasteiger partial charge in [0, 0.05) is 27.3 Å². The third-order valence-electron chi connectivity index (χ3n) is 6.83. The maximum absolute atomic E-state index is 6.11. The molecule has 4 aromatic carbocycles. The Labute approximate surface area is 179 Å². The first-order valence-electron chi connectivity index (χ1n) is 10.7. The minimum atomic E-state index is -0.0610.